The van der Waals surface area contributed by atoms with Crippen molar-refractivity contribution in [3.63, 3.8) is 0 Å². The van der Waals surface area contributed by atoms with Crippen molar-refractivity contribution in [2.75, 3.05) is 25.5 Å². The van der Waals surface area contributed by atoms with Crippen molar-refractivity contribution in [3.05, 3.63) is 41.6 Å². The standard InChI is InChI=1S/C17H20N4O3/c1-20-11-14(16(19-20)24-2)15(22)18-13-7-5-12(6-8-13)17(23)21-9-3-4-10-21/h5-8,11H,3-4,9-10H2,1-2H3,(H,18,22). The summed E-state index contributed by atoms with van der Waals surface area (Å²) in [6.45, 7) is 1.64. The zero-order valence-corrected chi connectivity index (χ0v) is 13.8. The van der Waals surface area contributed by atoms with Crippen LogP contribution >= 0.6 is 0 Å². The van der Waals surface area contributed by atoms with Gasteiger partial charge in [-0.1, -0.05) is 0 Å². The highest BCUT2D eigenvalue weighted by Gasteiger charge is 2.20. The highest BCUT2D eigenvalue weighted by molar-refractivity contribution is 6.06. The number of nitrogens with zero attached hydrogens (tertiary/aromatic N) is 3. The molecule has 1 aliphatic rings. The highest BCUT2D eigenvalue weighted by atomic mass is 16.5. The maximum atomic E-state index is 12.3. The topological polar surface area (TPSA) is 76.5 Å². The normalized spacial score (nSPS) is 13.8. The van der Waals surface area contributed by atoms with Crippen molar-refractivity contribution in [3.8, 4) is 5.88 Å². The summed E-state index contributed by atoms with van der Waals surface area (Å²) in [5, 5.41) is 6.84. The summed E-state index contributed by atoms with van der Waals surface area (Å²) < 4.78 is 6.61. The summed E-state index contributed by atoms with van der Waals surface area (Å²) in [6, 6.07) is 6.92. The SMILES string of the molecule is COc1nn(C)cc1C(=O)Nc1ccc(C(=O)N2CCCC2)cc1. The van der Waals surface area contributed by atoms with E-state index in [0.717, 1.165) is 25.9 Å². The van der Waals surface area contributed by atoms with Gasteiger partial charge < -0.3 is 15.0 Å². The Balaban J connectivity index is 1.69. The molecule has 1 fully saturated rings. The van der Waals surface area contributed by atoms with E-state index < -0.39 is 0 Å². The monoisotopic (exact) mass is 328 g/mol. The number of carbonyl (C=O) groups is 2. The van der Waals surface area contributed by atoms with Crippen LogP contribution in [0.15, 0.2) is 30.5 Å². The molecular weight excluding hydrogens is 308 g/mol. The Labute approximate surface area is 140 Å². The average molecular weight is 328 g/mol. The molecule has 0 saturated carbocycles. The summed E-state index contributed by atoms with van der Waals surface area (Å²) in [5.74, 6) is 0.00806. The summed E-state index contributed by atoms with van der Waals surface area (Å²) in [7, 11) is 3.19. The molecule has 24 heavy (non-hydrogen) atoms. The minimum absolute atomic E-state index is 0.0410. The molecule has 0 spiro atoms. The Morgan fingerprint density at radius 1 is 1.17 bits per heavy atom. The third kappa shape index (κ3) is 3.24. The van der Waals surface area contributed by atoms with Crippen LogP contribution in [-0.4, -0.2) is 46.7 Å². The number of likely N-dealkylation sites (tertiary alicyclic amines) is 1. The fourth-order valence-electron chi connectivity index (χ4n) is 2.77. The second kappa shape index (κ2) is 6.74. The van der Waals surface area contributed by atoms with Crippen molar-refractivity contribution in [2.45, 2.75) is 12.8 Å². The predicted octanol–water partition coefficient (Wildman–Crippen LogP) is 1.92. The fraction of sp³-hybridized carbons (Fsp3) is 0.353. The molecule has 0 bridgehead atoms. The van der Waals surface area contributed by atoms with Crippen molar-refractivity contribution >= 4 is 17.5 Å². The Hall–Kier alpha value is -2.83. The lowest BCUT2D eigenvalue weighted by molar-refractivity contribution is 0.0792. The van der Waals surface area contributed by atoms with Crippen molar-refractivity contribution in [2.24, 2.45) is 7.05 Å². The molecule has 0 atom stereocenters. The van der Waals surface area contributed by atoms with Gasteiger partial charge in [0.25, 0.3) is 11.8 Å². The number of methoxy groups -OCH3 is 1. The molecule has 1 saturated heterocycles. The number of ether oxygens (including phenoxy) is 1. The number of nitrogens with one attached hydrogen (secondary N) is 1. The van der Waals surface area contributed by atoms with E-state index >= 15 is 0 Å². The van der Waals surface area contributed by atoms with Crippen LogP contribution in [-0.2, 0) is 7.05 Å². The third-order valence-corrected chi connectivity index (χ3v) is 4.02. The zero-order valence-electron chi connectivity index (χ0n) is 13.8. The summed E-state index contributed by atoms with van der Waals surface area (Å²) in [6.07, 6.45) is 3.72. The molecule has 2 heterocycles. The maximum absolute atomic E-state index is 12.3. The summed E-state index contributed by atoms with van der Waals surface area (Å²) >= 11 is 0. The molecule has 7 heteroatoms. The van der Waals surface area contributed by atoms with Gasteiger partial charge in [0.1, 0.15) is 5.56 Å². The molecule has 126 valence electrons. The number of carbonyl (C=O) groups excluding carboxylic acids is 2. The lowest BCUT2D eigenvalue weighted by Crippen LogP contribution is -2.27. The molecule has 0 aliphatic carbocycles. The number of anilines is 1. The van der Waals surface area contributed by atoms with Crippen molar-refractivity contribution in [1.29, 1.82) is 0 Å². The van der Waals surface area contributed by atoms with Gasteiger partial charge in [-0.15, -0.1) is 5.10 Å². The number of rotatable bonds is 4. The van der Waals surface area contributed by atoms with Crippen LogP contribution in [0.5, 0.6) is 5.88 Å². The molecule has 1 aliphatic heterocycles. The van der Waals surface area contributed by atoms with Crippen molar-refractivity contribution in [1.82, 2.24) is 14.7 Å². The minimum atomic E-state index is -0.307. The number of aromatic nitrogens is 2. The first-order valence-corrected chi connectivity index (χ1v) is 7.87. The van der Waals surface area contributed by atoms with Crippen LogP contribution in [0.1, 0.15) is 33.6 Å². The molecule has 1 aromatic carbocycles. The van der Waals surface area contributed by atoms with E-state index in [4.69, 9.17) is 4.74 Å². The van der Waals surface area contributed by atoms with E-state index in [0.29, 0.717) is 16.8 Å². The first-order chi connectivity index (χ1) is 11.6. The van der Waals surface area contributed by atoms with Gasteiger partial charge in [-0.05, 0) is 37.1 Å². The largest absolute Gasteiger partial charge is 0.479 e. The van der Waals surface area contributed by atoms with E-state index in [2.05, 4.69) is 10.4 Å². The lowest BCUT2D eigenvalue weighted by atomic mass is 10.1. The van der Waals surface area contributed by atoms with Gasteiger partial charge in [0.2, 0.25) is 5.88 Å². The van der Waals surface area contributed by atoms with E-state index in [-0.39, 0.29) is 17.7 Å². The number of hydrogen-bond donors (Lipinski definition) is 1. The number of hydrogen-bond acceptors (Lipinski definition) is 4. The van der Waals surface area contributed by atoms with Crippen LogP contribution in [0.25, 0.3) is 0 Å². The third-order valence-electron chi connectivity index (χ3n) is 4.02. The summed E-state index contributed by atoms with van der Waals surface area (Å²) in [5.41, 5.74) is 1.61. The molecule has 3 rings (SSSR count). The van der Waals surface area contributed by atoms with E-state index in [1.807, 2.05) is 4.90 Å². The zero-order chi connectivity index (χ0) is 17.1. The maximum Gasteiger partial charge on any atom is 0.262 e. The smallest absolute Gasteiger partial charge is 0.262 e. The number of aryl methyl sites for hydroxylation is 1. The van der Waals surface area contributed by atoms with Crippen molar-refractivity contribution < 1.29 is 14.3 Å². The van der Waals surface area contributed by atoms with Gasteiger partial charge in [0, 0.05) is 37.6 Å². The van der Waals surface area contributed by atoms with Gasteiger partial charge in [0.15, 0.2) is 0 Å². The Kier molecular flexibility index (Phi) is 4.50. The predicted molar refractivity (Wildman–Crippen MR) is 89.3 cm³/mol. The molecule has 0 radical (unpaired) electrons. The molecule has 2 amide bonds. The first-order valence-electron chi connectivity index (χ1n) is 7.87. The van der Waals surface area contributed by atoms with Crippen LogP contribution in [0, 0.1) is 0 Å². The van der Waals surface area contributed by atoms with E-state index in [1.54, 1.807) is 37.5 Å². The highest BCUT2D eigenvalue weighted by Crippen LogP contribution is 2.19. The molecule has 2 aromatic rings. The van der Waals surface area contributed by atoms with E-state index in [9.17, 15) is 9.59 Å². The quantitative estimate of drug-likeness (QED) is 0.930. The van der Waals surface area contributed by atoms with Gasteiger partial charge >= 0.3 is 0 Å². The molecule has 1 aromatic heterocycles. The fourth-order valence-corrected chi connectivity index (χ4v) is 2.77. The lowest BCUT2D eigenvalue weighted by Gasteiger charge is -2.15. The first kappa shape index (κ1) is 16.0. The van der Waals surface area contributed by atoms with Crippen LogP contribution in [0.3, 0.4) is 0 Å². The minimum Gasteiger partial charge on any atom is -0.479 e. The van der Waals surface area contributed by atoms with Gasteiger partial charge in [-0.3, -0.25) is 14.3 Å². The Bertz CT molecular complexity index is 746. The number of amides is 2. The molecular formula is C17H20N4O3. The average Bonchev–Trinajstić information content (AvgIpc) is 3.24. The number of benzene rings is 1. The van der Waals surface area contributed by atoms with E-state index in [1.165, 1.54) is 11.8 Å². The molecule has 0 unspecified atom stereocenters. The van der Waals surface area contributed by atoms with Gasteiger partial charge in [0.05, 0.1) is 7.11 Å². The van der Waals surface area contributed by atoms with Gasteiger partial charge in [-0.2, -0.15) is 0 Å². The second-order valence-corrected chi connectivity index (χ2v) is 5.76. The Morgan fingerprint density at radius 3 is 2.46 bits per heavy atom. The van der Waals surface area contributed by atoms with Crippen LogP contribution in [0.2, 0.25) is 0 Å². The van der Waals surface area contributed by atoms with Crippen LogP contribution in [0.4, 0.5) is 5.69 Å². The molecule has 1 N–H and O–H groups in total. The van der Waals surface area contributed by atoms with Crippen LogP contribution < -0.4 is 10.1 Å². The summed E-state index contributed by atoms with van der Waals surface area (Å²) in [4.78, 5) is 26.5. The molecule has 7 nitrogen and oxygen atoms in total. The second-order valence-electron chi connectivity index (χ2n) is 5.76. The van der Waals surface area contributed by atoms with Gasteiger partial charge in [-0.25, -0.2) is 0 Å². The Morgan fingerprint density at radius 2 is 1.83 bits per heavy atom.